The van der Waals surface area contributed by atoms with Gasteiger partial charge in [-0.3, -0.25) is 9.88 Å². The van der Waals surface area contributed by atoms with Crippen molar-refractivity contribution in [3.05, 3.63) is 30.1 Å². The molecule has 1 unspecified atom stereocenters. The zero-order valence-electron chi connectivity index (χ0n) is 12.2. The number of hydrogen-bond donors (Lipinski definition) is 1. The molecule has 3 nitrogen and oxygen atoms in total. The highest BCUT2D eigenvalue weighted by molar-refractivity contribution is 5.07. The van der Waals surface area contributed by atoms with Crippen LogP contribution in [-0.2, 0) is 6.42 Å². The molecule has 0 spiro atoms. The van der Waals surface area contributed by atoms with E-state index < -0.39 is 0 Å². The van der Waals surface area contributed by atoms with Crippen LogP contribution in [-0.4, -0.2) is 39.7 Å². The minimum atomic E-state index is -0.375. The number of hydrogen-bond acceptors (Lipinski definition) is 3. The lowest BCUT2D eigenvalue weighted by Gasteiger charge is -2.41. The third kappa shape index (κ3) is 3.77. The van der Waals surface area contributed by atoms with Crippen LogP contribution in [0.1, 0.15) is 45.2 Å². The Hall–Kier alpha value is -0.930. The summed E-state index contributed by atoms with van der Waals surface area (Å²) in [4.78, 5) is 6.77. The molecule has 2 heterocycles. The third-order valence-corrected chi connectivity index (χ3v) is 4.37. The van der Waals surface area contributed by atoms with Crippen molar-refractivity contribution in [1.29, 1.82) is 0 Å². The summed E-state index contributed by atoms with van der Waals surface area (Å²) in [6.45, 7) is 6.52. The number of pyridine rings is 1. The van der Waals surface area contributed by atoms with Gasteiger partial charge in [0.25, 0.3) is 0 Å². The Morgan fingerprint density at radius 3 is 2.47 bits per heavy atom. The summed E-state index contributed by atoms with van der Waals surface area (Å²) in [5.41, 5.74) is 0.792. The van der Waals surface area contributed by atoms with Crippen molar-refractivity contribution in [3.8, 4) is 0 Å². The first kappa shape index (κ1) is 14.5. The monoisotopic (exact) mass is 262 g/mol. The van der Waals surface area contributed by atoms with Gasteiger partial charge in [-0.1, -0.05) is 18.9 Å². The van der Waals surface area contributed by atoms with Gasteiger partial charge in [-0.2, -0.15) is 0 Å². The van der Waals surface area contributed by atoms with Crippen molar-refractivity contribution in [2.75, 3.05) is 13.1 Å². The smallest absolute Gasteiger partial charge is 0.0773 e. The maximum atomic E-state index is 10.6. The molecule has 1 N–H and O–H groups in total. The summed E-state index contributed by atoms with van der Waals surface area (Å²) < 4.78 is 0. The van der Waals surface area contributed by atoms with E-state index in [1.165, 1.54) is 25.7 Å². The van der Waals surface area contributed by atoms with Gasteiger partial charge in [-0.15, -0.1) is 0 Å². The van der Waals surface area contributed by atoms with Crippen molar-refractivity contribution in [1.82, 2.24) is 9.88 Å². The standard InChI is InChI=1S/C16H26N2O/c1-16(2,18-11-7-3-4-8-12-18)15(19)13-14-9-5-6-10-17-14/h5-6,9-10,15,19H,3-4,7-8,11-13H2,1-2H3. The molecular weight excluding hydrogens is 236 g/mol. The summed E-state index contributed by atoms with van der Waals surface area (Å²) in [5.74, 6) is 0. The Labute approximate surface area is 116 Å². The molecule has 19 heavy (non-hydrogen) atoms. The van der Waals surface area contributed by atoms with Gasteiger partial charge in [0.2, 0.25) is 0 Å². The SMILES string of the molecule is CC(C)(C(O)Cc1ccccn1)N1CCCCCC1. The molecule has 1 aromatic heterocycles. The molecule has 0 bridgehead atoms. The highest BCUT2D eigenvalue weighted by atomic mass is 16.3. The van der Waals surface area contributed by atoms with E-state index in [2.05, 4.69) is 23.7 Å². The van der Waals surface area contributed by atoms with E-state index in [1.807, 2.05) is 18.2 Å². The Morgan fingerprint density at radius 2 is 1.89 bits per heavy atom. The van der Waals surface area contributed by atoms with Gasteiger partial charge in [0.15, 0.2) is 0 Å². The summed E-state index contributed by atoms with van der Waals surface area (Å²) in [7, 11) is 0. The van der Waals surface area contributed by atoms with Crippen LogP contribution in [0.25, 0.3) is 0 Å². The molecule has 106 valence electrons. The zero-order chi connectivity index (χ0) is 13.7. The largest absolute Gasteiger partial charge is 0.391 e. The van der Waals surface area contributed by atoms with Crippen LogP contribution in [0.3, 0.4) is 0 Å². The van der Waals surface area contributed by atoms with E-state index in [-0.39, 0.29) is 11.6 Å². The number of aromatic nitrogens is 1. The predicted molar refractivity (Wildman–Crippen MR) is 78.1 cm³/mol. The molecule has 0 radical (unpaired) electrons. The van der Waals surface area contributed by atoms with Crippen LogP contribution in [0.4, 0.5) is 0 Å². The minimum absolute atomic E-state index is 0.179. The second-order valence-corrected chi connectivity index (χ2v) is 6.10. The predicted octanol–water partition coefficient (Wildman–Crippen LogP) is 2.64. The number of likely N-dealkylation sites (tertiary alicyclic amines) is 1. The van der Waals surface area contributed by atoms with E-state index >= 15 is 0 Å². The lowest BCUT2D eigenvalue weighted by molar-refractivity contribution is -0.00833. The average molecular weight is 262 g/mol. The van der Waals surface area contributed by atoms with Crippen molar-refractivity contribution in [2.24, 2.45) is 0 Å². The number of aliphatic hydroxyl groups excluding tert-OH is 1. The van der Waals surface area contributed by atoms with E-state index in [0.717, 1.165) is 18.8 Å². The summed E-state index contributed by atoms with van der Waals surface area (Å²) in [5, 5.41) is 10.6. The van der Waals surface area contributed by atoms with Gasteiger partial charge in [-0.05, 0) is 51.9 Å². The minimum Gasteiger partial charge on any atom is -0.391 e. The third-order valence-electron chi connectivity index (χ3n) is 4.37. The molecule has 1 aliphatic heterocycles. The van der Waals surface area contributed by atoms with Gasteiger partial charge >= 0.3 is 0 Å². The Kier molecular flexibility index (Phi) is 4.94. The lowest BCUT2D eigenvalue weighted by atomic mass is 9.91. The van der Waals surface area contributed by atoms with Crippen molar-refractivity contribution >= 4 is 0 Å². The second kappa shape index (κ2) is 6.49. The summed E-state index contributed by atoms with van der Waals surface area (Å²) in [6, 6.07) is 5.88. The van der Waals surface area contributed by atoms with Crippen LogP contribution in [0.5, 0.6) is 0 Å². The lowest BCUT2D eigenvalue weighted by Crippen LogP contribution is -2.53. The molecule has 1 aliphatic rings. The molecular formula is C16H26N2O. The fourth-order valence-electron chi connectivity index (χ4n) is 2.82. The molecule has 0 amide bonds. The molecule has 1 atom stereocenters. The summed E-state index contributed by atoms with van der Waals surface area (Å²) >= 11 is 0. The zero-order valence-corrected chi connectivity index (χ0v) is 12.2. The molecule has 0 aliphatic carbocycles. The van der Waals surface area contributed by atoms with E-state index in [1.54, 1.807) is 6.20 Å². The second-order valence-electron chi connectivity index (χ2n) is 6.10. The first-order valence-corrected chi connectivity index (χ1v) is 7.44. The first-order chi connectivity index (χ1) is 9.10. The highest BCUT2D eigenvalue weighted by Crippen LogP contribution is 2.25. The number of nitrogens with zero attached hydrogens (tertiary/aromatic N) is 2. The number of rotatable bonds is 4. The molecule has 0 saturated carbocycles. The quantitative estimate of drug-likeness (QED) is 0.906. The number of aliphatic hydroxyl groups is 1. The topological polar surface area (TPSA) is 36.4 Å². The first-order valence-electron chi connectivity index (χ1n) is 7.44. The molecule has 1 aromatic rings. The fourth-order valence-corrected chi connectivity index (χ4v) is 2.82. The van der Waals surface area contributed by atoms with Crippen molar-refractivity contribution in [2.45, 2.75) is 57.6 Å². The molecule has 2 rings (SSSR count). The summed E-state index contributed by atoms with van der Waals surface area (Å²) in [6.07, 6.45) is 7.19. The maximum absolute atomic E-state index is 10.6. The molecule has 1 fully saturated rings. The van der Waals surface area contributed by atoms with Crippen molar-refractivity contribution < 1.29 is 5.11 Å². The van der Waals surface area contributed by atoms with Crippen molar-refractivity contribution in [3.63, 3.8) is 0 Å². The average Bonchev–Trinajstić information content (AvgIpc) is 2.69. The van der Waals surface area contributed by atoms with Crippen LogP contribution < -0.4 is 0 Å². The van der Waals surface area contributed by atoms with Crippen LogP contribution in [0.2, 0.25) is 0 Å². The van der Waals surface area contributed by atoms with Gasteiger partial charge in [0.1, 0.15) is 0 Å². The fraction of sp³-hybridized carbons (Fsp3) is 0.688. The molecule has 1 saturated heterocycles. The highest BCUT2D eigenvalue weighted by Gasteiger charge is 2.34. The van der Waals surface area contributed by atoms with E-state index in [0.29, 0.717) is 6.42 Å². The van der Waals surface area contributed by atoms with Gasteiger partial charge in [0.05, 0.1) is 6.10 Å². The van der Waals surface area contributed by atoms with Gasteiger partial charge in [-0.25, -0.2) is 0 Å². The van der Waals surface area contributed by atoms with Crippen LogP contribution >= 0.6 is 0 Å². The molecule has 0 aromatic carbocycles. The Morgan fingerprint density at radius 1 is 1.21 bits per heavy atom. The van der Waals surface area contributed by atoms with Gasteiger partial charge < -0.3 is 5.11 Å². The maximum Gasteiger partial charge on any atom is 0.0773 e. The normalized spacial score (nSPS) is 19.9. The molecule has 3 heteroatoms. The van der Waals surface area contributed by atoms with Crippen LogP contribution in [0, 0.1) is 0 Å². The Bertz CT molecular complexity index is 370. The van der Waals surface area contributed by atoms with E-state index in [4.69, 9.17) is 0 Å². The van der Waals surface area contributed by atoms with Gasteiger partial charge in [0, 0.05) is 23.9 Å². The Balaban J connectivity index is 2.00. The van der Waals surface area contributed by atoms with E-state index in [9.17, 15) is 5.11 Å². The van der Waals surface area contributed by atoms with Crippen LogP contribution in [0.15, 0.2) is 24.4 Å².